The fourth-order valence-corrected chi connectivity index (χ4v) is 3.09. The van der Waals surface area contributed by atoms with E-state index < -0.39 is 0 Å². The van der Waals surface area contributed by atoms with Gasteiger partial charge in [-0.2, -0.15) is 0 Å². The van der Waals surface area contributed by atoms with Crippen molar-refractivity contribution in [2.45, 2.75) is 39.2 Å². The van der Waals surface area contributed by atoms with Gasteiger partial charge in [0.25, 0.3) is 0 Å². The standard InChI is InChI=1S/C17H26N2O2/c1-4-8-17(9-10-18-12-17)16(20)19-13(2)14-6-5-7-15(11-14)21-3/h5-7,11,13,18H,4,8-10,12H2,1-3H3,(H,19,20)/t13-,17?/m0/s1. The number of ether oxygens (including phenoxy) is 1. The Morgan fingerprint density at radius 1 is 1.52 bits per heavy atom. The third-order valence-electron chi connectivity index (χ3n) is 4.40. The summed E-state index contributed by atoms with van der Waals surface area (Å²) in [7, 11) is 1.66. The van der Waals surface area contributed by atoms with Crippen LogP contribution >= 0.6 is 0 Å². The van der Waals surface area contributed by atoms with Gasteiger partial charge in [-0.15, -0.1) is 0 Å². The third-order valence-corrected chi connectivity index (χ3v) is 4.40. The lowest BCUT2D eigenvalue weighted by molar-refractivity contribution is -0.131. The Morgan fingerprint density at radius 3 is 2.95 bits per heavy atom. The van der Waals surface area contributed by atoms with E-state index in [1.54, 1.807) is 7.11 Å². The first-order chi connectivity index (χ1) is 10.1. The summed E-state index contributed by atoms with van der Waals surface area (Å²) in [4.78, 5) is 12.7. The maximum Gasteiger partial charge on any atom is 0.228 e. The van der Waals surface area contributed by atoms with E-state index in [2.05, 4.69) is 17.6 Å². The van der Waals surface area contributed by atoms with Gasteiger partial charge < -0.3 is 15.4 Å². The Bertz CT molecular complexity index is 481. The summed E-state index contributed by atoms with van der Waals surface area (Å²) in [6.07, 6.45) is 2.90. The Morgan fingerprint density at radius 2 is 2.33 bits per heavy atom. The summed E-state index contributed by atoms with van der Waals surface area (Å²) in [5, 5.41) is 6.51. The molecule has 1 amide bonds. The highest BCUT2D eigenvalue weighted by atomic mass is 16.5. The molecule has 0 aromatic heterocycles. The van der Waals surface area contributed by atoms with Crippen molar-refractivity contribution < 1.29 is 9.53 Å². The van der Waals surface area contributed by atoms with Crippen molar-refractivity contribution in [1.29, 1.82) is 0 Å². The number of methoxy groups -OCH3 is 1. The molecule has 2 N–H and O–H groups in total. The normalized spacial score (nSPS) is 22.8. The molecule has 1 aromatic carbocycles. The average molecular weight is 290 g/mol. The molecule has 1 aromatic rings. The van der Waals surface area contributed by atoms with Gasteiger partial charge in [0, 0.05) is 6.54 Å². The number of carbonyl (C=O) groups is 1. The van der Waals surface area contributed by atoms with Crippen LogP contribution in [0.5, 0.6) is 5.75 Å². The molecule has 4 nitrogen and oxygen atoms in total. The zero-order valence-electron chi connectivity index (χ0n) is 13.2. The van der Waals surface area contributed by atoms with Gasteiger partial charge in [-0.3, -0.25) is 4.79 Å². The number of nitrogens with one attached hydrogen (secondary N) is 2. The summed E-state index contributed by atoms with van der Waals surface area (Å²) in [6.45, 7) is 5.88. The highest BCUT2D eigenvalue weighted by Gasteiger charge is 2.40. The maximum atomic E-state index is 12.7. The van der Waals surface area contributed by atoms with Crippen LogP contribution in [0, 0.1) is 5.41 Å². The van der Waals surface area contributed by atoms with Gasteiger partial charge in [-0.1, -0.05) is 25.5 Å². The molecule has 0 radical (unpaired) electrons. The van der Waals surface area contributed by atoms with E-state index >= 15 is 0 Å². The molecule has 1 aliphatic rings. The van der Waals surface area contributed by atoms with Crippen LogP contribution in [0.1, 0.15) is 44.7 Å². The van der Waals surface area contributed by atoms with Crippen molar-refractivity contribution in [2.75, 3.05) is 20.2 Å². The van der Waals surface area contributed by atoms with Crippen molar-refractivity contribution in [3.05, 3.63) is 29.8 Å². The Hall–Kier alpha value is -1.55. The van der Waals surface area contributed by atoms with Crippen LogP contribution in [0.3, 0.4) is 0 Å². The fraction of sp³-hybridized carbons (Fsp3) is 0.588. The topological polar surface area (TPSA) is 50.4 Å². The molecule has 1 unspecified atom stereocenters. The van der Waals surface area contributed by atoms with Crippen molar-refractivity contribution in [1.82, 2.24) is 10.6 Å². The summed E-state index contributed by atoms with van der Waals surface area (Å²) < 4.78 is 5.25. The monoisotopic (exact) mass is 290 g/mol. The van der Waals surface area contributed by atoms with E-state index in [4.69, 9.17) is 4.74 Å². The number of rotatable bonds is 6. The lowest BCUT2D eigenvalue weighted by atomic mass is 9.81. The van der Waals surface area contributed by atoms with Crippen LogP contribution in [0.4, 0.5) is 0 Å². The summed E-state index contributed by atoms with van der Waals surface area (Å²) in [6, 6.07) is 7.85. The molecule has 1 saturated heterocycles. The molecule has 21 heavy (non-hydrogen) atoms. The minimum Gasteiger partial charge on any atom is -0.497 e. The van der Waals surface area contributed by atoms with Crippen LogP contribution in [0.2, 0.25) is 0 Å². The summed E-state index contributed by atoms with van der Waals surface area (Å²) in [5.41, 5.74) is 0.835. The van der Waals surface area contributed by atoms with E-state index in [-0.39, 0.29) is 17.4 Å². The first kappa shape index (κ1) is 15.8. The Balaban J connectivity index is 2.06. The SMILES string of the molecule is CCCC1(C(=O)N[C@@H](C)c2cccc(OC)c2)CCNC1. The molecule has 1 fully saturated rings. The van der Waals surface area contributed by atoms with Gasteiger partial charge in [0.2, 0.25) is 5.91 Å². The number of benzene rings is 1. The lowest BCUT2D eigenvalue weighted by Crippen LogP contribution is -2.43. The smallest absolute Gasteiger partial charge is 0.228 e. The molecule has 1 heterocycles. The van der Waals surface area contributed by atoms with Gasteiger partial charge in [-0.05, 0) is 44.0 Å². The van der Waals surface area contributed by atoms with Crippen LogP contribution < -0.4 is 15.4 Å². The highest BCUT2D eigenvalue weighted by Crippen LogP contribution is 2.32. The summed E-state index contributed by atoms with van der Waals surface area (Å²) >= 11 is 0. The zero-order chi connectivity index (χ0) is 15.3. The zero-order valence-corrected chi connectivity index (χ0v) is 13.2. The molecule has 0 aliphatic carbocycles. The van der Waals surface area contributed by atoms with Crippen LogP contribution in [0.15, 0.2) is 24.3 Å². The number of hydrogen-bond donors (Lipinski definition) is 2. The van der Waals surface area contributed by atoms with Gasteiger partial charge in [0.15, 0.2) is 0 Å². The molecule has 0 bridgehead atoms. The molecule has 116 valence electrons. The Kier molecular flexibility index (Phi) is 5.23. The van der Waals surface area contributed by atoms with Gasteiger partial charge >= 0.3 is 0 Å². The highest BCUT2D eigenvalue weighted by molar-refractivity contribution is 5.83. The quantitative estimate of drug-likeness (QED) is 0.847. The first-order valence-corrected chi connectivity index (χ1v) is 7.77. The molecule has 1 aliphatic heterocycles. The third kappa shape index (κ3) is 3.56. The molecule has 0 spiro atoms. The van der Waals surface area contributed by atoms with E-state index in [0.29, 0.717) is 0 Å². The second-order valence-corrected chi connectivity index (χ2v) is 5.93. The van der Waals surface area contributed by atoms with E-state index in [1.165, 1.54) is 0 Å². The van der Waals surface area contributed by atoms with Gasteiger partial charge in [0.05, 0.1) is 18.6 Å². The number of hydrogen-bond acceptors (Lipinski definition) is 3. The lowest BCUT2D eigenvalue weighted by Gasteiger charge is -2.28. The summed E-state index contributed by atoms with van der Waals surface area (Å²) in [5.74, 6) is 0.990. The molecular weight excluding hydrogens is 264 g/mol. The average Bonchev–Trinajstić information content (AvgIpc) is 2.97. The Labute approximate surface area is 127 Å². The van der Waals surface area contributed by atoms with E-state index in [0.717, 1.165) is 43.7 Å². The van der Waals surface area contributed by atoms with Crippen LogP contribution in [-0.4, -0.2) is 26.1 Å². The second kappa shape index (κ2) is 6.94. The molecule has 0 saturated carbocycles. The first-order valence-electron chi connectivity index (χ1n) is 7.77. The van der Waals surface area contributed by atoms with Gasteiger partial charge in [-0.25, -0.2) is 0 Å². The van der Waals surface area contributed by atoms with Crippen molar-refractivity contribution in [2.24, 2.45) is 5.41 Å². The van der Waals surface area contributed by atoms with E-state index in [9.17, 15) is 4.79 Å². The largest absolute Gasteiger partial charge is 0.497 e. The van der Waals surface area contributed by atoms with Crippen molar-refractivity contribution >= 4 is 5.91 Å². The molecular formula is C17H26N2O2. The fourth-order valence-electron chi connectivity index (χ4n) is 3.09. The van der Waals surface area contributed by atoms with Crippen molar-refractivity contribution in [3.8, 4) is 5.75 Å². The minimum atomic E-state index is -0.234. The van der Waals surface area contributed by atoms with E-state index in [1.807, 2.05) is 31.2 Å². The maximum absolute atomic E-state index is 12.7. The minimum absolute atomic E-state index is 0.0121. The number of carbonyl (C=O) groups excluding carboxylic acids is 1. The number of amides is 1. The van der Waals surface area contributed by atoms with Crippen LogP contribution in [0.25, 0.3) is 0 Å². The van der Waals surface area contributed by atoms with Crippen LogP contribution in [-0.2, 0) is 4.79 Å². The predicted octanol–water partition coefficient (Wildman–Crippen LogP) is 2.65. The van der Waals surface area contributed by atoms with Crippen molar-refractivity contribution in [3.63, 3.8) is 0 Å². The molecule has 2 atom stereocenters. The predicted molar refractivity (Wildman–Crippen MR) is 84.4 cm³/mol. The molecule has 4 heteroatoms. The molecule has 2 rings (SSSR count). The second-order valence-electron chi connectivity index (χ2n) is 5.93. The van der Waals surface area contributed by atoms with Gasteiger partial charge in [0.1, 0.15) is 5.75 Å².